The lowest BCUT2D eigenvalue weighted by atomic mass is 10.0. The number of likely N-dealkylation sites (tertiary alicyclic amines) is 1. The monoisotopic (exact) mass is 252 g/mol. The van der Waals surface area contributed by atoms with Crippen molar-refractivity contribution in [2.45, 2.75) is 44.8 Å². The summed E-state index contributed by atoms with van der Waals surface area (Å²) in [5.74, 6) is -0.365. The summed E-state index contributed by atoms with van der Waals surface area (Å²) in [4.78, 5) is 6.33. The molecule has 2 unspecified atom stereocenters. The fourth-order valence-electron chi connectivity index (χ4n) is 2.51. The minimum Gasteiger partial charge on any atom is -0.387 e. The Balaban J connectivity index is 1.83. The maximum atomic E-state index is 12.7. The van der Waals surface area contributed by atoms with Gasteiger partial charge in [0.2, 0.25) is 0 Å². The molecule has 100 valence electrons. The van der Waals surface area contributed by atoms with Gasteiger partial charge in [-0.3, -0.25) is 4.98 Å². The largest absolute Gasteiger partial charge is 0.387 e. The van der Waals surface area contributed by atoms with Crippen LogP contribution in [0.15, 0.2) is 18.3 Å². The lowest BCUT2D eigenvalue weighted by Crippen LogP contribution is -2.38. The predicted octanol–water partition coefficient (Wildman–Crippen LogP) is 2.52. The number of nitrogens with zero attached hydrogens (tertiary/aromatic N) is 2. The van der Waals surface area contributed by atoms with Crippen LogP contribution in [0, 0.1) is 5.82 Å². The molecule has 0 amide bonds. The van der Waals surface area contributed by atoms with Gasteiger partial charge in [0.05, 0.1) is 18.0 Å². The number of pyridine rings is 1. The minimum atomic E-state index is -0.597. The molecule has 3 nitrogen and oxygen atoms in total. The van der Waals surface area contributed by atoms with Crippen LogP contribution < -0.4 is 0 Å². The zero-order chi connectivity index (χ0) is 13.0. The highest BCUT2D eigenvalue weighted by atomic mass is 19.1. The third kappa shape index (κ3) is 3.50. The zero-order valence-electron chi connectivity index (χ0n) is 10.8. The molecule has 0 radical (unpaired) electrons. The van der Waals surface area contributed by atoms with E-state index in [-0.39, 0.29) is 5.82 Å². The molecule has 0 aromatic carbocycles. The van der Waals surface area contributed by atoms with Crippen LogP contribution in [-0.4, -0.2) is 34.1 Å². The van der Waals surface area contributed by atoms with Crippen molar-refractivity contribution in [3.8, 4) is 0 Å². The number of aliphatic hydroxyl groups is 1. The Hall–Kier alpha value is -1.00. The molecule has 1 saturated heterocycles. The van der Waals surface area contributed by atoms with E-state index in [2.05, 4.69) is 16.8 Å². The predicted molar refractivity (Wildman–Crippen MR) is 68.7 cm³/mol. The fourth-order valence-corrected chi connectivity index (χ4v) is 2.51. The molecule has 1 fully saturated rings. The smallest absolute Gasteiger partial charge is 0.141 e. The molecule has 2 heterocycles. The van der Waals surface area contributed by atoms with E-state index in [4.69, 9.17) is 0 Å². The Morgan fingerprint density at radius 3 is 3.00 bits per heavy atom. The Morgan fingerprint density at radius 2 is 2.33 bits per heavy atom. The molecule has 1 aromatic heterocycles. The van der Waals surface area contributed by atoms with Crippen molar-refractivity contribution < 1.29 is 9.50 Å². The quantitative estimate of drug-likeness (QED) is 0.894. The van der Waals surface area contributed by atoms with E-state index in [0.29, 0.717) is 18.2 Å². The molecular weight excluding hydrogens is 231 g/mol. The third-order valence-electron chi connectivity index (χ3n) is 3.72. The summed E-state index contributed by atoms with van der Waals surface area (Å²) in [6, 6.07) is 3.50. The number of hydrogen-bond donors (Lipinski definition) is 1. The first-order valence-corrected chi connectivity index (χ1v) is 6.70. The van der Waals surface area contributed by atoms with Gasteiger partial charge in [-0.1, -0.05) is 6.42 Å². The van der Waals surface area contributed by atoms with Gasteiger partial charge < -0.3 is 10.0 Å². The van der Waals surface area contributed by atoms with Gasteiger partial charge >= 0.3 is 0 Å². The van der Waals surface area contributed by atoms with E-state index < -0.39 is 6.10 Å². The lowest BCUT2D eigenvalue weighted by Gasteiger charge is -2.33. The van der Waals surface area contributed by atoms with Crippen molar-refractivity contribution in [3.05, 3.63) is 29.8 Å². The van der Waals surface area contributed by atoms with E-state index in [1.54, 1.807) is 6.07 Å². The number of hydrogen-bond acceptors (Lipinski definition) is 3. The van der Waals surface area contributed by atoms with Gasteiger partial charge in [-0.05, 0) is 44.9 Å². The second kappa shape index (κ2) is 6.25. The van der Waals surface area contributed by atoms with Gasteiger partial charge in [-0.2, -0.15) is 0 Å². The van der Waals surface area contributed by atoms with Crippen molar-refractivity contribution in [3.63, 3.8) is 0 Å². The van der Waals surface area contributed by atoms with Crippen LogP contribution in [0.3, 0.4) is 0 Å². The van der Waals surface area contributed by atoms with Crippen molar-refractivity contribution in [1.29, 1.82) is 0 Å². The van der Waals surface area contributed by atoms with Gasteiger partial charge in [-0.15, -0.1) is 0 Å². The summed E-state index contributed by atoms with van der Waals surface area (Å²) in [6.45, 7) is 4.23. The third-order valence-corrected chi connectivity index (χ3v) is 3.72. The summed E-state index contributed by atoms with van der Waals surface area (Å²) in [7, 11) is 0. The molecule has 0 bridgehead atoms. The SMILES string of the molecule is CC1CCCCN1CCC(O)c1ccc(F)cn1. The standard InChI is InChI=1S/C14H21FN2O/c1-11-4-2-3-8-17(11)9-7-14(18)13-6-5-12(15)10-16-13/h5-6,10-11,14,18H,2-4,7-9H2,1H3. The van der Waals surface area contributed by atoms with E-state index >= 15 is 0 Å². The number of halogens is 1. The molecule has 0 saturated carbocycles. The molecule has 2 atom stereocenters. The summed E-state index contributed by atoms with van der Waals surface area (Å²) in [6.07, 6.45) is 5.00. The number of rotatable bonds is 4. The van der Waals surface area contributed by atoms with Crippen LogP contribution in [0.4, 0.5) is 4.39 Å². The van der Waals surface area contributed by atoms with Gasteiger partial charge in [0.15, 0.2) is 0 Å². The van der Waals surface area contributed by atoms with Crippen LogP contribution in [0.1, 0.15) is 44.4 Å². The molecule has 4 heteroatoms. The molecule has 0 aliphatic carbocycles. The Labute approximate surface area is 108 Å². The highest BCUT2D eigenvalue weighted by Crippen LogP contribution is 2.20. The Kier molecular flexibility index (Phi) is 4.66. The molecule has 1 N–H and O–H groups in total. The normalized spacial score (nSPS) is 22.9. The molecule has 1 aliphatic rings. The van der Waals surface area contributed by atoms with Gasteiger partial charge in [-0.25, -0.2) is 4.39 Å². The summed E-state index contributed by atoms with van der Waals surface area (Å²) >= 11 is 0. The van der Waals surface area contributed by atoms with Crippen molar-refractivity contribution in [2.75, 3.05) is 13.1 Å². The van der Waals surface area contributed by atoms with Crippen molar-refractivity contribution in [2.24, 2.45) is 0 Å². The number of piperidine rings is 1. The van der Waals surface area contributed by atoms with Crippen molar-refractivity contribution >= 4 is 0 Å². The molecule has 1 aliphatic heterocycles. The highest BCUT2D eigenvalue weighted by Gasteiger charge is 2.19. The van der Waals surface area contributed by atoms with Crippen molar-refractivity contribution in [1.82, 2.24) is 9.88 Å². The van der Waals surface area contributed by atoms with Gasteiger partial charge in [0, 0.05) is 12.6 Å². The van der Waals surface area contributed by atoms with E-state index in [1.165, 1.54) is 25.3 Å². The molecule has 2 rings (SSSR count). The first kappa shape index (κ1) is 13.4. The molecular formula is C14H21FN2O. The first-order valence-electron chi connectivity index (χ1n) is 6.70. The molecule has 1 aromatic rings. The fraction of sp³-hybridized carbons (Fsp3) is 0.643. The van der Waals surface area contributed by atoms with Crippen LogP contribution >= 0.6 is 0 Å². The average Bonchev–Trinajstić information content (AvgIpc) is 2.38. The maximum absolute atomic E-state index is 12.7. The Morgan fingerprint density at radius 1 is 1.50 bits per heavy atom. The summed E-state index contributed by atoms with van der Waals surface area (Å²) in [5.41, 5.74) is 0.557. The van der Waals surface area contributed by atoms with Gasteiger partial charge in [0.1, 0.15) is 5.82 Å². The highest BCUT2D eigenvalue weighted by molar-refractivity contribution is 5.07. The topological polar surface area (TPSA) is 36.4 Å². The van der Waals surface area contributed by atoms with Gasteiger partial charge in [0.25, 0.3) is 0 Å². The second-order valence-corrected chi connectivity index (χ2v) is 5.09. The number of aromatic nitrogens is 1. The van der Waals surface area contributed by atoms with Crippen LogP contribution in [-0.2, 0) is 0 Å². The molecule has 0 spiro atoms. The maximum Gasteiger partial charge on any atom is 0.141 e. The summed E-state index contributed by atoms with van der Waals surface area (Å²) < 4.78 is 12.7. The average molecular weight is 252 g/mol. The van der Waals surface area contributed by atoms with E-state index in [9.17, 15) is 9.50 Å². The second-order valence-electron chi connectivity index (χ2n) is 5.09. The summed E-state index contributed by atoms with van der Waals surface area (Å²) in [5, 5.41) is 10.0. The molecule has 18 heavy (non-hydrogen) atoms. The Bertz CT molecular complexity index is 369. The van der Waals surface area contributed by atoms with E-state index in [1.807, 2.05) is 0 Å². The first-order chi connectivity index (χ1) is 8.66. The lowest BCUT2D eigenvalue weighted by molar-refractivity contribution is 0.107. The van der Waals surface area contributed by atoms with Crippen LogP contribution in [0.5, 0.6) is 0 Å². The number of aliphatic hydroxyl groups excluding tert-OH is 1. The van der Waals surface area contributed by atoms with E-state index in [0.717, 1.165) is 19.3 Å². The van der Waals surface area contributed by atoms with Crippen LogP contribution in [0.25, 0.3) is 0 Å². The minimum absolute atomic E-state index is 0.365. The zero-order valence-corrected chi connectivity index (χ0v) is 10.8. The van der Waals surface area contributed by atoms with Crippen LogP contribution in [0.2, 0.25) is 0 Å².